The summed E-state index contributed by atoms with van der Waals surface area (Å²) in [4.78, 5) is 10.2. The van der Waals surface area contributed by atoms with Crippen LogP contribution in [0.3, 0.4) is 0 Å². The van der Waals surface area contributed by atoms with Crippen molar-refractivity contribution in [2.75, 3.05) is 13.1 Å². The van der Waals surface area contributed by atoms with Gasteiger partial charge in [-0.25, -0.2) is 0 Å². The summed E-state index contributed by atoms with van der Waals surface area (Å²) in [6.45, 7) is 1.81. The second-order valence-electron chi connectivity index (χ2n) is 3.60. The fraction of sp³-hybridized carbons (Fsp3) is 0.400. The van der Waals surface area contributed by atoms with Gasteiger partial charge in [0.05, 0.1) is 8.49 Å². The van der Waals surface area contributed by atoms with E-state index in [1.165, 1.54) is 12.1 Å². The molecule has 1 aromatic rings. The predicted molar refractivity (Wildman–Crippen MR) is 67.7 cm³/mol. The van der Waals surface area contributed by atoms with E-state index in [9.17, 15) is 10.1 Å². The average molecular weight is 334 g/mol. The minimum Gasteiger partial charge on any atom is -0.488 e. The van der Waals surface area contributed by atoms with Gasteiger partial charge in [0.1, 0.15) is 11.9 Å². The van der Waals surface area contributed by atoms with Gasteiger partial charge >= 0.3 is 0 Å². The van der Waals surface area contributed by atoms with E-state index >= 15 is 0 Å². The van der Waals surface area contributed by atoms with Crippen molar-refractivity contribution in [3.05, 3.63) is 31.9 Å². The standard InChI is InChI=1S/C10H11IN2O3/c11-9-5-7(13(14)15)1-2-10(9)16-8-3-4-12-6-8/h1-2,5,8,12H,3-4,6H2. The molecule has 1 unspecified atom stereocenters. The van der Waals surface area contributed by atoms with Crippen LogP contribution in [-0.4, -0.2) is 24.1 Å². The molecule has 0 bridgehead atoms. The topological polar surface area (TPSA) is 64.4 Å². The second-order valence-corrected chi connectivity index (χ2v) is 4.77. The van der Waals surface area contributed by atoms with Gasteiger partial charge in [-0.2, -0.15) is 0 Å². The maximum Gasteiger partial charge on any atom is 0.270 e. The van der Waals surface area contributed by atoms with Crippen LogP contribution in [0.2, 0.25) is 0 Å². The van der Waals surface area contributed by atoms with Gasteiger partial charge in [0, 0.05) is 18.7 Å². The van der Waals surface area contributed by atoms with Crippen LogP contribution in [0.5, 0.6) is 5.75 Å². The summed E-state index contributed by atoms with van der Waals surface area (Å²) in [7, 11) is 0. The van der Waals surface area contributed by atoms with E-state index in [0.717, 1.165) is 28.8 Å². The smallest absolute Gasteiger partial charge is 0.270 e. The van der Waals surface area contributed by atoms with Crippen LogP contribution in [0, 0.1) is 13.7 Å². The van der Waals surface area contributed by atoms with E-state index in [-0.39, 0.29) is 11.8 Å². The van der Waals surface area contributed by atoms with Gasteiger partial charge in [0.2, 0.25) is 0 Å². The highest BCUT2D eigenvalue weighted by molar-refractivity contribution is 14.1. The van der Waals surface area contributed by atoms with Crippen LogP contribution in [0.1, 0.15) is 6.42 Å². The van der Waals surface area contributed by atoms with E-state index in [2.05, 4.69) is 27.9 Å². The Bertz CT molecular complexity index is 405. The number of nitro benzene ring substituents is 1. The van der Waals surface area contributed by atoms with Crippen molar-refractivity contribution in [2.45, 2.75) is 12.5 Å². The van der Waals surface area contributed by atoms with Gasteiger partial charge in [0.25, 0.3) is 5.69 Å². The number of hydrogen-bond acceptors (Lipinski definition) is 4. The molecule has 1 heterocycles. The van der Waals surface area contributed by atoms with E-state index in [4.69, 9.17) is 4.74 Å². The molecular formula is C10H11IN2O3. The fourth-order valence-electron chi connectivity index (χ4n) is 1.61. The lowest BCUT2D eigenvalue weighted by Crippen LogP contribution is -2.19. The first-order chi connectivity index (χ1) is 7.66. The molecule has 1 saturated heterocycles. The molecule has 1 fully saturated rings. The number of halogens is 1. The minimum atomic E-state index is -0.400. The first kappa shape index (κ1) is 11.6. The Morgan fingerprint density at radius 1 is 1.56 bits per heavy atom. The minimum absolute atomic E-state index is 0.0984. The summed E-state index contributed by atoms with van der Waals surface area (Å²) in [5.41, 5.74) is 0.0984. The van der Waals surface area contributed by atoms with Gasteiger partial charge in [-0.15, -0.1) is 0 Å². The number of nitrogens with zero attached hydrogens (tertiary/aromatic N) is 1. The van der Waals surface area contributed by atoms with Crippen LogP contribution in [0.15, 0.2) is 18.2 Å². The zero-order chi connectivity index (χ0) is 11.5. The summed E-state index contributed by atoms with van der Waals surface area (Å²) >= 11 is 2.06. The summed E-state index contributed by atoms with van der Waals surface area (Å²) in [5, 5.41) is 13.8. The Labute approximate surface area is 106 Å². The third-order valence-electron chi connectivity index (χ3n) is 2.44. The number of rotatable bonds is 3. The number of hydrogen-bond donors (Lipinski definition) is 1. The third-order valence-corrected chi connectivity index (χ3v) is 3.28. The molecule has 5 nitrogen and oxygen atoms in total. The fourth-order valence-corrected chi connectivity index (χ4v) is 2.23. The molecule has 1 atom stereocenters. The number of non-ortho nitro benzene ring substituents is 1. The van der Waals surface area contributed by atoms with Crippen LogP contribution in [0.4, 0.5) is 5.69 Å². The normalized spacial score (nSPS) is 19.7. The Kier molecular flexibility index (Phi) is 3.59. The Balaban J connectivity index is 2.12. The summed E-state index contributed by atoms with van der Waals surface area (Å²) < 4.78 is 6.52. The van der Waals surface area contributed by atoms with Crippen molar-refractivity contribution >= 4 is 28.3 Å². The van der Waals surface area contributed by atoms with Crippen LogP contribution in [0.25, 0.3) is 0 Å². The van der Waals surface area contributed by atoms with Gasteiger partial charge in [-0.05, 0) is 41.6 Å². The molecule has 86 valence electrons. The number of ether oxygens (including phenoxy) is 1. The molecule has 2 rings (SSSR count). The van der Waals surface area contributed by atoms with E-state index in [1.807, 2.05) is 0 Å². The molecule has 16 heavy (non-hydrogen) atoms. The SMILES string of the molecule is O=[N+]([O-])c1ccc(OC2CCNC2)c(I)c1. The van der Waals surface area contributed by atoms with E-state index < -0.39 is 4.92 Å². The van der Waals surface area contributed by atoms with Crippen LogP contribution in [-0.2, 0) is 0 Å². The molecule has 0 amide bonds. The molecular weight excluding hydrogens is 323 g/mol. The van der Waals surface area contributed by atoms with Crippen molar-refractivity contribution in [3.63, 3.8) is 0 Å². The molecule has 1 aliphatic heterocycles. The highest BCUT2D eigenvalue weighted by atomic mass is 127. The maximum atomic E-state index is 10.6. The quantitative estimate of drug-likeness (QED) is 0.521. The Morgan fingerprint density at radius 2 is 2.38 bits per heavy atom. The first-order valence-corrected chi connectivity index (χ1v) is 6.06. The highest BCUT2D eigenvalue weighted by Crippen LogP contribution is 2.27. The molecule has 0 saturated carbocycles. The third kappa shape index (κ3) is 2.62. The predicted octanol–water partition coefficient (Wildman–Crippen LogP) is 1.94. The lowest BCUT2D eigenvalue weighted by Gasteiger charge is -2.13. The molecule has 1 N–H and O–H groups in total. The molecule has 0 radical (unpaired) electrons. The lowest BCUT2D eigenvalue weighted by atomic mass is 10.3. The molecule has 1 aromatic carbocycles. The van der Waals surface area contributed by atoms with Crippen LogP contribution < -0.4 is 10.1 Å². The number of nitro groups is 1. The lowest BCUT2D eigenvalue weighted by molar-refractivity contribution is -0.385. The average Bonchev–Trinajstić information content (AvgIpc) is 2.73. The van der Waals surface area contributed by atoms with Gasteiger partial charge in [0.15, 0.2) is 0 Å². The van der Waals surface area contributed by atoms with Gasteiger partial charge in [-0.1, -0.05) is 0 Å². The molecule has 0 aliphatic carbocycles. The zero-order valence-electron chi connectivity index (χ0n) is 8.48. The summed E-state index contributed by atoms with van der Waals surface area (Å²) in [5.74, 6) is 0.722. The number of nitrogens with one attached hydrogen (secondary N) is 1. The van der Waals surface area contributed by atoms with Crippen molar-refractivity contribution < 1.29 is 9.66 Å². The number of benzene rings is 1. The maximum absolute atomic E-state index is 10.6. The molecule has 0 aromatic heterocycles. The van der Waals surface area contributed by atoms with E-state index in [0.29, 0.717) is 0 Å². The largest absolute Gasteiger partial charge is 0.488 e. The van der Waals surface area contributed by atoms with Crippen molar-refractivity contribution in [3.8, 4) is 5.75 Å². The zero-order valence-corrected chi connectivity index (χ0v) is 10.6. The van der Waals surface area contributed by atoms with Crippen molar-refractivity contribution in [1.29, 1.82) is 0 Å². The van der Waals surface area contributed by atoms with Gasteiger partial charge < -0.3 is 10.1 Å². The van der Waals surface area contributed by atoms with Crippen molar-refractivity contribution in [2.24, 2.45) is 0 Å². The first-order valence-electron chi connectivity index (χ1n) is 4.98. The molecule has 1 aliphatic rings. The molecule has 6 heteroatoms. The van der Waals surface area contributed by atoms with Gasteiger partial charge in [-0.3, -0.25) is 10.1 Å². The Morgan fingerprint density at radius 3 is 2.94 bits per heavy atom. The van der Waals surface area contributed by atoms with E-state index in [1.54, 1.807) is 6.07 Å². The highest BCUT2D eigenvalue weighted by Gasteiger charge is 2.18. The summed E-state index contributed by atoms with van der Waals surface area (Å²) in [6, 6.07) is 4.66. The Hall–Kier alpha value is -0.890. The van der Waals surface area contributed by atoms with Crippen molar-refractivity contribution in [1.82, 2.24) is 5.32 Å². The molecule has 0 spiro atoms. The second kappa shape index (κ2) is 4.96. The van der Waals surface area contributed by atoms with Crippen LogP contribution >= 0.6 is 22.6 Å². The monoisotopic (exact) mass is 334 g/mol. The summed E-state index contributed by atoms with van der Waals surface area (Å²) in [6.07, 6.45) is 1.16.